The highest BCUT2D eigenvalue weighted by molar-refractivity contribution is 5.38. The first-order valence-corrected chi connectivity index (χ1v) is 5.81. The lowest BCUT2D eigenvalue weighted by molar-refractivity contribution is 0.178. The van der Waals surface area contributed by atoms with Crippen molar-refractivity contribution in [2.24, 2.45) is 0 Å². The van der Waals surface area contributed by atoms with Crippen molar-refractivity contribution in [1.29, 1.82) is 0 Å². The Hall–Kier alpha value is -0.860. The first kappa shape index (κ1) is 13.2. The number of rotatable bonds is 5. The van der Waals surface area contributed by atoms with Crippen LogP contribution in [0.5, 0.6) is 0 Å². The van der Waals surface area contributed by atoms with Crippen molar-refractivity contribution < 1.29 is 4.74 Å². The summed E-state index contributed by atoms with van der Waals surface area (Å²) >= 11 is 0. The summed E-state index contributed by atoms with van der Waals surface area (Å²) in [6.45, 7) is 8.23. The SMILES string of the molecule is CNCC(COC)c1cc(C)c(C)cc1C. The second-order valence-corrected chi connectivity index (χ2v) is 4.50. The number of aryl methyl sites for hydroxylation is 3. The number of benzene rings is 1. The molecule has 1 aromatic carbocycles. The Morgan fingerprint density at radius 1 is 1.12 bits per heavy atom. The van der Waals surface area contributed by atoms with Crippen LogP contribution in [0.3, 0.4) is 0 Å². The van der Waals surface area contributed by atoms with Crippen LogP contribution < -0.4 is 5.32 Å². The summed E-state index contributed by atoms with van der Waals surface area (Å²) in [5.41, 5.74) is 5.49. The van der Waals surface area contributed by atoms with Gasteiger partial charge in [-0.3, -0.25) is 0 Å². The summed E-state index contributed by atoms with van der Waals surface area (Å²) in [6.07, 6.45) is 0. The van der Waals surface area contributed by atoms with E-state index in [1.54, 1.807) is 7.11 Å². The predicted octanol–water partition coefficient (Wildman–Crippen LogP) is 2.56. The van der Waals surface area contributed by atoms with Crippen molar-refractivity contribution in [3.63, 3.8) is 0 Å². The predicted molar refractivity (Wildman–Crippen MR) is 69.2 cm³/mol. The van der Waals surface area contributed by atoms with Crippen molar-refractivity contribution in [3.05, 3.63) is 34.4 Å². The van der Waals surface area contributed by atoms with Crippen LogP contribution in [-0.2, 0) is 4.74 Å². The van der Waals surface area contributed by atoms with E-state index in [4.69, 9.17) is 4.74 Å². The van der Waals surface area contributed by atoms with Gasteiger partial charge in [0.1, 0.15) is 0 Å². The van der Waals surface area contributed by atoms with Crippen molar-refractivity contribution in [2.75, 3.05) is 27.3 Å². The van der Waals surface area contributed by atoms with Gasteiger partial charge in [0.25, 0.3) is 0 Å². The Kier molecular flexibility index (Phi) is 4.97. The summed E-state index contributed by atoms with van der Waals surface area (Å²) < 4.78 is 5.30. The van der Waals surface area contributed by atoms with Crippen LogP contribution >= 0.6 is 0 Å². The molecule has 90 valence electrons. The Morgan fingerprint density at radius 2 is 1.75 bits per heavy atom. The smallest absolute Gasteiger partial charge is 0.0543 e. The van der Waals surface area contributed by atoms with Crippen LogP contribution in [0.25, 0.3) is 0 Å². The Labute approximate surface area is 99.0 Å². The zero-order valence-corrected chi connectivity index (χ0v) is 11.1. The third-order valence-corrected chi connectivity index (χ3v) is 3.14. The molecule has 1 rings (SSSR count). The summed E-state index contributed by atoms with van der Waals surface area (Å²) in [5.74, 6) is 0.439. The van der Waals surface area contributed by atoms with Gasteiger partial charge >= 0.3 is 0 Å². The Morgan fingerprint density at radius 3 is 2.31 bits per heavy atom. The van der Waals surface area contributed by atoms with Crippen LogP contribution in [0.15, 0.2) is 12.1 Å². The first-order valence-electron chi connectivity index (χ1n) is 5.81. The van der Waals surface area contributed by atoms with E-state index < -0.39 is 0 Å². The van der Waals surface area contributed by atoms with Gasteiger partial charge in [-0.15, -0.1) is 0 Å². The van der Waals surface area contributed by atoms with E-state index in [9.17, 15) is 0 Å². The van der Waals surface area contributed by atoms with Gasteiger partial charge in [-0.05, 0) is 50.1 Å². The fraction of sp³-hybridized carbons (Fsp3) is 0.571. The van der Waals surface area contributed by atoms with Gasteiger partial charge in [-0.1, -0.05) is 12.1 Å². The van der Waals surface area contributed by atoms with E-state index in [0.29, 0.717) is 5.92 Å². The summed E-state index contributed by atoms with van der Waals surface area (Å²) in [7, 11) is 3.75. The molecule has 1 N–H and O–H groups in total. The minimum absolute atomic E-state index is 0.439. The fourth-order valence-electron chi connectivity index (χ4n) is 2.13. The maximum Gasteiger partial charge on any atom is 0.0543 e. The molecule has 16 heavy (non-hydrogen) atoms. The van der Waals surface area contributed by atoms with Crippen molar-refractivity contribution in [1.82, 2.24) is 5.32 Å². The molecule has 0 aliphatic rings. The van der Waals surface area contributed by atoms with Gasteiger partial charge < -0.3 is 10.1 Å². The van der Waals surface area contributed by atoms with Crippen molar-refractivity contribution in [3.8, 4) is 0 Å². The molecule has 2 heteroatoms. The summed E-state index contributed by atoms with van der Waals surface area (Å²) in [5, 5.41) is 3.23. The number of methoxy groups -OCH3 is 1. The molecule has 0 amide bonds. The topological polar surface area (TPSA) is 21.3 Å². The molecule has 0 saturated carbocycles. The lowest BCUT2D eigenvalue weighted by Gasteiger charge is -2.20. The van der Waals surface area contributed by atoms with Gasteiger partial charge in [0.05, 0.1) is 6.61 Å². The van der Waals surface area contributed by atoms with E-state index in [2.05, 4.69) is 38.2 Å². The number of nitrogens with one attached hydrogen (secondary N) is 1. The van der Waals surface area contributed by atoms with Gasteiger partial charge in [0.15, 0.2) is 0 Å². The average molecular weight is 221 g/mol. The monoisotopic (exact) mass is 221 g/mol. The molecule has 1 atom stereocenters. The van der Waals surface area contributed by atoms with E-state index in [1.807, 2.05) is 7.05 Å². The number of hydrogen-bond acceptors (Lipinski definition) is 2. The fourth-order valence-corrected chi connectivity index (χ4v) is 2.13. The zero-order valence-electron chi connectivity index (χ0n) is 11.1. The molecule has 2 nitrogen and oxygen atoms in total. The van der Waals surface area contributed by atoms with Crippen molar-refractivity contribution >= 4 is 0 Å². The van der Waals surface area contributed by atoms with Gasteiger partial charge in [-0.25, -0.2) is 0 Å². The van der Waals surface area contributed by atoms with Crippen LogP contribution in [-0.4, -0.2) is 27.3 Å². The maximum atomic E-state index is 5.30. The Balaban J connectivity index is 3.03. The van der Waals surface area contributed by atoms with E-state index >= 15 is 0 Å². The molecule has 0 radical (unpaired) electrons. The highest BCUT2D eigenvalue weighted by Crippen LogP contribution is 2.23. The molecule has 0 heterocycles. The summed E-state index contributed by atoms with van der Waals surface area (Å²) in [4.78, 5) is 0. The standard InChI is InChI=1S/C14H23NO/c1-10-6-12(3)14(7-11(10)2)13(8-15-4)9-16-5/h6-7,13,15H,8-9H2,1-5H3. The minimum Gasteiger partial charge on any atom is -0.384 e. The molecule has 0 saturated heterocycles. The van der Waals surface area contributed by atoms with Crippen LogP contribution in [0, 0.1) is 20.8 Å². The normalized spacial score (nSPS) is 12.8. The zero-order chi connectivity index (χ0) is 12.1. The molecule has 1 unspecified atom stereocenters. The second-order valence-electron chi connectivity index (χ2n) is 4.50. The second kappa shape index (κ2) is 6.02. The molecule has 0 aliphatic carbocycles. The molecule has 1 aromatic rings. The Bertz CT molecular complexity index is 341. The van der Waals surface area contributed by atoms with Crippen molar-refractivity contribution in [2.45, 2.75) is 26.7 Å². The minimum atomic E-state index is 0.439. The molecule has 0 fully saturated rings. The maximum absolute atomic E-state index is 5.30. The first-order chi connectivity index (χ1) is 7.60. The van der Waals surface area contributed by atoms with Gasteiger partial charge in [0.2, 0.25) is 0 Å². The number of ether oxygens (including phenoxy) is 1. The van der Waals surface area contributed by atoms with Gasteiger partial charge in [-0.2, -0.15) is 0 Å². The van der Waals surface area contributed by atoms with Crippen LogP contribution in [0.4, 0.5) is 0 Å². The number of hydrogen-bond donors (Lipinski definition) is 1. The third kappa shape index (κ3) is 3.06. The van der Waals surface area contributed by atoms with Gasteiger partial charge in [0, 0.05) is 19.6 Å². The average Bonchev–Trinajstić information content (AvgIpc) is 2.23. The van der Waals surface area contributed by atoms with E-state index in [-0.39, 0.29) is 0 Å². The molecule has 0 aromatic heterocycles. The van der Waals surface area contributed by atoms with E-state index in [0.717, 1.165) is 13.2 Å². The number of likely N-dealkylation sites (N-methyl/N-ethyl adjacent to an activating group) is 1. The molecular weight excluding hydrogens is 198 g/mol. The summed E-state index contributed by atoms with van der Waals surface area (Å²) in [6, 6.07) is 4.56. The van der Waals surface area contributed by atoms with Crippen LogP contribution in [0.2, 0.25) is 0 Å². The van der Waals surface area contributed by atoms with E-state index in [1.165, 1.54) is 22.3 Å². The van der Waals surface area contributed by atoms with Crippen LogP contribution in [0.1, 0.15) is 28.2 Å². The lowest BCUT2D eigenvalue weighted by atomic mass is 9.91. The molecule has 0 bridgehead atoms. The largest absolute Gasteiger partial charge is 0.384 e. The molecular formula is C14H23NO. The molecule has 0 spiro atoms. The lowest BCUT2D eigenvalue weighted by Crippen LogP contribution is -2.21. The molecule has 0 aliphatic heterocycles. The highest BCUT2D eigenvalue weighted by Gasteiger charge is 2.13. The third-order valence-electron chi connectivity index (χ3n) is 3.14. The highest BCUT2D eigenvalue weighted by atomic mass is 16.5. The quantitative estimate of drug-likeness (QED) is 0.825.